The highest BCUT2D eigenvalue weighted by Gasteiger charge is 2.26. The number of halogens is 1. The van der Waals surface area contributed by atoms with E-state index in [1.54, 1.807) is 42.7 Å². The number of ketones is 1. The minimum atomic E-state index is 0.109. The summed E-state index contributed by atoms with van der Waals surface area (Å²) in [6, 6.07) is 10.6. The van der Waals surface area contributed by atoms with Gasteiger partial charge in [0.25, 0.3) is 5.89 Å². The molecule has 134 valence electrons. The predicted octanol–water partition coefficient (Wildman–Crippen LogP) is 4.05. The first-order chi connectivity index (χ1) is 12.7. The molecule has 0 saturated carbocycles. The Balaban J connectivity index is 1.33. The Morgan fingerprint density at radius 2 is 1.92 bits per heavy atom. The number of furan rings is 1. The minimum Gasteiger partial charge on any atom is -0.459 e. The molecule has 6 nitrogen and oxygen atoms in total. The molecule has 0 spiro atoms. The van der Waals surface area contributed by atoms with Gasteiger partial charge in [0.1, 0.15) is 0 Å². The van der Waals surface area contributed by atoms with Crippen LogP contribution in [0.5, 0.6) is 0 Å². The fourth-order valence-electron chi connectivity index (χ4n) is 3.17. The lowest BCUT2D eigenvalue weighted by Gasteiger charge is -2.29. The summed E-state index contributed by atoms with van der Waals surface area (Å²) < 4.78 is 11.0. The Morgan fingerprint density at radius 1 is 1.15 bits per heavy atom. The van der Waals surface area contributed by atoms with Gasteiger partial charge >= 0.3 is 0 Å². The topological polar surface area (TPSA) is 72.4 Å². The Labute approximate surface area is 155 Å². The van der Waals surface area contributed by atoms with Gasteiger partial charge in [-0.05, 0) is 62.3 Å². The molecular formula is C19H18ClN3O3. The number of likely N-dealkylation sites (tertiary alicyclic amines) is 1. The lowest BCUT2D eigenvalue weighted by Crippen LogP contribution is -2.36. The number of nitrogens with zero attached hydrogens (tertiary/aromatic N) is 3. The van der Waals surface area contributed by atoms with E-state index in [1.807, 2.05) is 0 Å². The van der Waals surface area contributed by atoms with Crippen LogP contribution in [0.4, 0.5) is 0 Å². The monoisotopic (exact) mass is 371 g/mol. The van der Waals surface area contributed by atoms with Crippen molar-refractivity contribution < 1.29 is 13.6 Å². The first-order valence-electron chi connectivity index (χ1n) is 8.57. The van der Waals surface area contributed by atoms with Crippen LogP contribution in [-0.4, -0.2) is 40.5 Å². The highest BCUT2D eigenvalue weighted by atomic mass is 35.5. The fourth-order valence-corrected chi connectivity index (χ4v) is 3.29. The van der Waals surface area contributed by atoms with Crippen LogP contribution < -0.4 is 0 Å². The van der Waals surface area contributed by atoms with E-state index in [0.717, 1.165) is 25.9 Å². The average Bonchev–Trinajstić information content (AvgIpc) is 3.34. The number of rotatable bonds is 5. The fraction of sp³-hybridized carbons (Fsp3) is 0.316. The van der Waals surface area contributed by atoms with Gasteiger partial charge in [-0.3, -0.25) is 9.69 Å². The number of carbonyl (C=O) groups is 1. The van der Waals surface area contributed by atoms with E-state index in [-0.39, 0.29) is 11.7 Å². The number of aromatic nitrogens is 2. The van der Waals surface area contributed by atoms with Crippen molar-refractivity contribution in [3.05, 3.63) is 59.1 Å². The standard InChI is InChI=1S/C19H18ClN3O3/c20-15-5-3-13(4-6-15)16(24)12-23-9-7-14(8-10-23)18-21-22-19(26-18)17-2-1-11-25-17/h1-6,11,14H,7-10,12H2. The third kappa shape index (κ3) is 3.71. The van der Waals surface area contributed by atoms with Gasteiger partial charge in [0.2, 0.25) is 5.89 Å². The van der Waals surface area contributed by atoms with E-state index >= 15 is 0 Å². The summed E-state index contributed by atoms with van der Waals surface area (Å²) in [4.78, 5) is 14.5. The number of carbonyl (C=O) groups excluding carboxylic acids is 1. The van der Waals surface area contributed by atoms with Crippen LogP contribution in [-0.2, 0) is 0 Å². The largest absolute Gasteiger partial charge is 0.459 e. The van der Waals surface area contributed by atoms with Crippen molar-refractivity contribution in [3.8, 4) is 11.7 Å². The maximum atomic E-state index is 12.4. The number of hydrogen-bond acceptors (Lipinski definition) is 6. The van der Waals surface area contributed by atoms with E-state index in [2.05, 4.69) is 15.1 Å². The molecule has 0 radical (unpaired) electrons. The smallest absolute Gasteiger partial charge is 0.283 e. The normalized spacial score (nSPS) is 16.0. The molecule has 0 atom stereocenters. The molecule has 0 N–H and O–H groups in total. The molecular weight excluding hydrogens is 354 g/mol. The van der Waals surface area contributed by atoms with Gasteiger partial charge in [-0.2, -0.15) is 0 Å². The van der Waals surface area contributed by atoms with Gasteiger partial charge < -0.3 is 8.83 Å². The molecule has 3 heterocycles. The first kappa shape index (κ1) is 17.0. The van der Waals surface area contributed by atoms with Crippen LogP contribution in [0.25, 0.3) is 11.7 Å². The molecule has 1 aliphatic rings. The summed E-state index contributed by atoms with van der Waals surface area (Å²) in [5.41, 5.74) is 0.691. The van der Waals surface area contributed by atoms with Gasteiger partial charge in [0.05, 0.1) is 12.8 Å². The van der Waals surface area contributed by atoms with Crippen LogP contribution in [0.2, 0.25) is 5.02 Å². The summed E-state index contributed by atoms with van der Waals surface area (Å²) in [5, 5.41) is 8.86. The van der Waals surface area contributed by atoms with Crippen LogP contribution in [0.1, 0.15) is 35.0 Å². The molecule has 1 fully saturated rings. The quantitative estimate of drug-likeness (QED) is 0.630. The summed E-state index contributed by atoms with van der Waals surface area (Å²) in [5.74, 6) is 1.95. The van der Waals surface area contributed by atoms with Crippen molar-refractivity contribution in [2.45, 2.75) is 18.8 Å². The molecule has 0 aliphatic carbocycles. The molecule has 1 saturated heterocycles. The summed E-state index contributed by atoms with van der Waals surface area (Å²) in [6.07, 6.45) is 3.34. The minimum absolute atomic E-state index is 0.109. The van der Waals surface area contributed by atoms with Gasteiger partial charge in [0.15, 0.2) is 11.5 Å². The average molecular weight is 372 g/mol. The zero-order chi connectivity index (χ0) is 17.9. The zero-order valence-corrected chi connectivity index (χ0v) is 14.9. The van der Waals surface area contributed by atoms with Crippen molar-refractivity contribution in [1.82, 2.24) is 15.1 Å². The molecule has 3 aromatic rings. The van der Waals surface area contributed by atoms with Crippen molar-refractivity contribution in [2.24, 2.45) is 0 Å². The maximum Gasteiger partial charge on any atom is 0.283 e. The van der Waals surface area contributed by atoms with E-state index in [9.17, 15) is 4.79 Å². The zero-order valence-electron chi connectivity index (χ0n) is 14.1. The molecule has 0 unspecified atom stereocenters. The first-order valence-corrected chi connectivity index (χ1v) is 8.95. The van der Waals surface area contributed by atoms with Gasteiger partial charge in [0, 0.05) is 16.5 Å². The summed E-state index contributed by atoms with van der Waals surface area (Å²) in [6.45, 7) is 2.06. The lowest BCUT2D eigenvalue weighted by molar-refractivity contribution is 0.0906. The highest BCUT2D eigenvalue weighted by Crippen LogP contribution is 2.29. The van der Waals surface area contributed by atoms with Crippen molar-refractivity contribution in [1.29, 1.82) is 0 Å². The SMILES string of the molecule is O=C(CN1CCC(c2nnc(-c3ccco3)o2)CC1)c1ccc(Cl)cc1. The van der Waals surface area contributed by atoms with Crippen molar-refractivity contribution >= 4 is 17.4 Å². The number of piperidine rings is 1. The predicted molar refractivity (Wildman–Crippen MR) is 96.2 cm³/mol. The molecule has 1 aromatic carbocycles. The molecule has 0 amide bonds. The lowest BCUT2D eigenvalue weighted by atomic mass is 9.96. The molecule has 26 heavy (non-hydrogen) atoms. The van der Waals surface area contributed by atoms with E-state index in [0.29, 0.717) is 34.7 Å². The van der Waals surface area contributed by atoms with Gasteiger partial charge in [-0.25, -0.2) is 0 Å². The Bertz CT molecular complexity index is 866. The second kappa shape index (κ2) is 7.43. The van der Waals surface area contributed by atoms with E-state index in [4.69, 9.17) is 20.4 Å². The van der Waals surface area contributed by atoms with Gasteiger partial charge in [-0.1, -0.05) is 11.6 Å². The maximum absolute atomic E-state index is 12.4. The summed E-state index contributed by atoms with van der Waals surface area (Å²) in [7, 11) is 0. The van der Waals surface area contributed by atoms with E-state index < -0.39 is 0 Å². The van der Waals surface area contributed by atoms with E-state index in [1.165, 1.54) is 0 Å². The third-order valence-corrected chi connectivity index (χ3v) is 4.89. The van der Waals surface area contributed by atoms with Crippen LogP contribution in [0.3, 0.4) is 0 Å². The van der Waals surface area contributed by atoms with Gasteiger partial charge in [-0.15, -0.1) is 10.2 Å². The molecule has 7 heteroatoms. The van der Waals surface area contributed by atoms with Crippen molar-refractivity contribution in [2.75, 3.05) is 19.6 Å². The Kier molecular flexibility index (Phi) is 4.86. The molecule has 1 aliphatic heterocycles. The highest BCUT2D eigenvalue weighted by molar-refractivity contribution is 6.30. The number of Topliss-reactive ketones (excluding diaryl/α,β-unsaturated/α-hetero) is 1. The van der Waals surface area contributed by atoms with Crippen LogP contribution in [0.15, 0.2) is 51.5 Å². The number of hydrogen-bond donors (Lipinski definition) is 0. The second-order valence-electron chi connectivity index (χ2n) is 6.40. The molecule has 2 aromatic heterocycles. The Hall–Kier alpha value is -2.44. The number of benzene rings is 1. The second-order valence-corrected chi connectivity index (χ2v) is 6.84. The Morgan fingerprint density at radius 3 is 2.62 bits per heavy atom. The van der Waals surface area contributed by atoms with Crippen LogP contribution in [0, 0.1) is 0 Å². The van der Waals surface area contributed by atoms with Crippen LogP contribution >= 0.6 is 11.6 Å². The third-order valence-electron chi connectivity index (χ3n) is 4.64. The van der Waals surface area contributed by atoms with Crippen molar-refractivity contribution in [3.63, 3.8) is 0 Å². The molecule has 0 bridgehead atoms. The summed E-state index contributed by atoms with van der Waals surface area (Å²) >= 11 is 5.87. The molecule has 4 rings (SSSR count).